The molecule has 1 heterocycles. The highest BCUT2D eigenvalue weighted by molar-refractivity contribution is 6.30. The third-order valence-electron chi connectivity index (χ3n) is 3.28. The Morgan fingerprint density at radius 3 is 2.75 bits per heavy atom. The van der Waals surface area contributed by atoms with Crippen molar-refractivity contribution in [3.8, 4) is 0 Å². The molecule has 2 aromatic rings. The number of aryl methyl sites for hydroxylation is 1. The first-order valence-electron chi connectivity index (χ1n) is 7.09. The minimum absolute atomic E-state index is 0.254. The fourth-order valence-corrected chi connectivity index (χ4v) is 2.38. The second-order valence-electron chi connectivity index (χ2n) is 5.09. The van der Waals surface area contributed by atoms with Crippen molar-refractivity contribution in [2.24, 2.45) is 0 Å². The Bertz CT molecular complexity index is 537. The summed E-state index contributed by atoms with van der Waals surface area (Å²) in [7, 11) is 0. The SMILES string of the molecule is CCCNC(Cc1ccc(C)cn1)c1cccc(Cl)c1. The summed E-state index contributed by atoms with van der Waals surface area (Å²) in [6, 6.07) is 12.5. The van der Waals surface area contributed by atoms with E-state index in [0.717, 1.165) is 30.1 Å². The predicted octanol–water partition coefficient (Wildman–Crippen LogP) is 4.33. The average Bonchev–Trinajstić information content (AvgIpc) is 2.45. The Balaban J connectivity index is 2.16. The molecule has 0 fully saturated rings. The molecule has 1 N–H and O–H groups in total. The van der Waals surface area contributed by atoms with Gasteiger partial charge in [0.25, 0.3) is 0 Å². The van der Waals surface area contributed by atoms with Crippen LogP contribution < -0.4 is 5.32 Å². The fourth-order valence-electron chi connectivity index (χ4n) is 2.18. The van der Waals surface area contributed by atoms with Crippen molar-refractivity contribution in [3.05, 3.63) is 64.4 Å². The molecule has 1 aromatic heterocycles. The number of hydrogen-bond acceptors (Lipinski definition) is 2. The van der Waals surface area contributed by atoms with E-state index in [1.54, 1.807) is 0 Å². The number of hydrogen-bond donors (Lipinski definition) is 1. The summed E-state index contributed by atoms with van der Waals surface area (Å²) >= 11 is 6.10. The molecule has 0 amide bonds. The van der Waals surface area contributed by atoms with E-state index < -0.39 is 0 Å². The molecule has 106 valence electrons. The molecule has 20 heavy (non-hydrogen) atoms. The maximum Gasteiger partial charge on any atom is 0.0422 e. The molecule has 0 aliphatic rings. The summed E-state index contributed by atoms with van der Waals surface area (Å²) in [4.78, 5) is 4.50. The molecule has 0 aliphatic heterocycles. The molecule has 1 atom stereocenters. The molecule has 1 aromatic carbocycles. The minimum atomic E-state index is 0.254. The topological polar surface area (TPSA) is 24.9 Å². The van der Waals surface area contributed by atoms with Gasteiger partial charge in [-0.1, -0.05) is 36.7 Å². The van der Waals surface area contributed by atoms with Crippen LogP contribution in [0.25, 0.3) is 0 Å². The first kappa shape index (κ1) is 15.0. The van der Waals surface area contributed by atoms with Crippen LogP contribution in [0.5, 0.6) is 0 Å². The van der Waals surface area contributed by atoms with Gasteiger partial charge in [0, 0.05) is 29.4 Å². The van der Waals surface area contributed by atoms with Gasteiger partial charge in [-0.2, -0.15) is 0 Å². The quantitative estimate of drug-likeness (QED) is 0.856. The van der Waals surface area contributed by atoms with E-state index >= 15 is 0 Å². The lowest BCUT2D eigenvalue weighted by atomic mass is 10.0. The molecule has 1 unspecified atom stereocenters. The van der Waals surface area contributed by atoms with E-state index in [4.69, 9.17) is 11.6 Å². The molecular formula is C17H21ClN2. The number of benzene rings is 1. The highest BCUT2D eigenvalue weighted by Gasteiger charge is 2.12. The molecule has 0 radical (unpaired) electrons. The highest BCUT2D eigenvalue weighted by atomic mass is 35.5. The van der Waals surface area contributed by atoms with Crippen molar-refractivity contribution in [2.75, 3.05) is 6.54 Å². The van der Waals surface area contributed by atoms with Crippen molar-refractivity contribution in [2.45, 2.75) is 32.7 Å². The third kappa shape index (κ3) is 4.32. The van der Waals surface area contributed by atoms with Crippen LogP contribution in [0.2, 0.25) is 5.02 Å². The van der Waals surface area contributed by atoms with Crippen LogP contribution >= 0.6 is 11.6 Å². The van der Waals surface area contributed by atoms with Gasteiger partial charge in [-0.3, -0.25) is 4.98 Å². The first-order valence-corrected chi connectivity index (χ1v) is 7.47. The Morgan fingerprint density at radius 1 is 1.25 bits per heavy atom. The monoisotopic (exact) mass is 288 g/mol. The van der Waals surface area contributed by atoms with Crippen LogP contribution in [0.15, 0.2) is 42.6 Å². The molecule has 2 nitrogen and oxygen atoms in total. The van der Waals surface area contributed by atoms with Gasteiger partial charge in [0.2, 0.25) is 0 Å². The van der Waals surface area contributed by atoms with Gasteiger partial charge in [0.05, 0.1) is 0 Å². The summed E-state index contributed by atoms with van der Waals surface area (Å²) in [5.74, 6) is 0. The molecule has 0 bridgehead atoms. The van der Waals surface area contributed by atoms with Crippen LogP contribution in [0.1, 0.15) is 36.2 Å². The second-order valence-corrected chi connectivity index (χ2v) is 5.53. The molecule has 0 spiro atoms. The maximum absolute atomic E-state index is 6.10. The zero-order valence-electron chi connectivity index (χ0n) is 12.1. The summed E-state index contributed by atoms with van der Waals surface area (Å²) in [5, 5.41) is 4.36. The Hall–Kier alpha value is -1.38. The standard InChI is InChI=1S/C17H21ClN2/c1-3-9-19-17(14-5-4-6-15(18)10-14)11-16-8-7-13(2)12-20-16/h4-8,10,12,17,19H,3,9,11H2,1-2H3. The smallest absolute Gasteiger partial charge is 0.0422 e. The summed E-state index contributed by atoms with van der Waals surface area (Å²) in [6.07, 6.45) is 3.91. The van der Waals surface area contributed by atoms with Gasteiger partial charge >= 0.3 is 0 Å². The van der Waals surface area contributed by atoms with Crippen molar-refractivity contribution in [3.63, 3.8) is 0 Å². The van der Waals surface area contributed by atoms with Crippen LogP contribution in [0.4, 0.5) is 0 Å². The van der Waals surface area contributed by atoms with Gasteiger partial charge in [0.15, 0.2) is 0 Å². The minimum Gasteiger partial charge on any atom is -0.310 e. The summed E-state index contributed by atoms with van der Waals surface area (Å²) < 4.78 is 0. The maximum atomic E-state index is 6.10. The van der Waals surface area contributed by atoms with E-state index in [1.807, 2.05) is 24.4 Å². The Morgan fingerprint density at radius 2 is 2.10 bits per heavy atom. The number of halogens is 1. The Kier molecular flexibility index (Phi) is 5.57. The van der Waals surface area contributed by atoms with Crippen molar-refractivity contribution >= 4 is 11.6 Å². The molecule has 2 rings (SSSR count). The largest absolute Gasteiger partial charge is 0.310 e. The van der Waals surface area contributed by atoms with E-state index in [1.165, 1.54) is 11.1 Å². The van der Waals surface area contributed by atoms with E-state index in [-0.39, 0.29) is 6.04 Å². The van der Waals surface area contributed by atoms with E-state index in [2.05, 4.69) is 42.3 Å². The predicted molar refractivity (Wildman–Crippen MR) is 85.2 cm³/mol. The van der Waals surface area contributed by atoms with Gasteiger partial charge in [-0.25, -0.2) is 0 Å². The third-order valence-corrected chi connectivity index (χ3v) is 3.51. The first-order chi connectivity index (χ1) is 9.69. The lowest BCUT2D eigenvalue weighted by Gasteiger charge is -2.19. The number of pyridine rings is 1. The van der Waals surface area contributed by atoms with Crippen molar-refractivity contribution in [1.82, 2.24) is 10.3 Å². The molecule has 3 heteroatoms. The van der Waals surface area contributed by atoms with E-state index in [0.29, 0.717) is 0 Å². The van der Waals surface area contributed by atoms with Crippen LogP contribution in [0.3, 0.4) is 0 Å². The van der Waals surface area contributed by atoms with Crippen molar-refractivity contribution < 1.29 is 0 Å². The van der Waals surface area contributed by atoms with Gasteiger partial charge in [0.1, 0.15) is 0 Å². The summed E-state index contributed by atoms with van der Waals surface area (Å²) in [6.45, 7) is 5.22. The number of rotatable bonds is 6. The molecule has 0 saturated carbocycles. The number of nitrogens with one attached hydrogen (secondary N) is 1. The van der Waals surface area contributed by atoms with E-state index in [9.17, 15) is 0 Å². The molecule has 0 saturated heterocycles. The van der Waals surface area contributed by atoms with Crippen LogP contribution in [-0.4, -0.2) is 11.5 Å². The van der Waals surface area contributed by atoms with Gasteiger partial charge < -0.3 is 5.32 Å². The summed E-state index contributed by atoms with van der Waals surface area (Å²) in [5.41, 5.74) is 3.51. The zero-order chi connectivity index (χ0) is 14.4. The lowest BCUT2D eigenvalue weighted by Crippen LogP contribution is -2.24. The Labute approximate surface area is 126 Å². The normalized spacial score (nSPS) is 12.3. The highest BCUT2D eigenvalue weighted by Crippen LogP contribution is 2.21. The molecule has 0 aliphatic carbocycles. The lowest BCUT2D eigenvalue weighted by molar-refractivity contribution is 0.524. The zero-order valence-corrected chi connectivity index (χ0v) is 12.8. The van der Waals surface area contributed by atoms with Crippen molar-refractivity contribution in [1.29, 1.82) is 0 Å². The number of aromatic nitrogens is 1. The average molecular weight is 289 g/mol. The van der Waals surface area contributed by atoms with Gasteiger partial charge in [-0.05, 0) is 49.2 Å². The second kappa shape index (κ2) is 7.41. The number of nitrogens with zero attached hydrogens (tertiary/aromatic N) is 1. The van der Waals surface area contributed by atoms with Crippen LogP contribution in [0, 0.1) is 6.92 Å². The van der Waals surface area contributed by atoms with Gasteiger partial charge in [-0.15, -0.1) is 0 Å². The molecular weight excluding hydrogens is 268 g/mol. The van der Waals surface area contributed by atoms with Crippen LogP contribution in [-0.2, 0) is 6.42 Å². The fraction of sp³-hybridized carbons (Fsp3) is 0.353.